The van der Waals surface area contributed by atoms with Crippen molar-refractivity contribution in [3.8, 4) is 11.7 Å². The molecule has 0 aliphatic carbocycles. The second kappa shape index (κ2) is 4.58. The third-order valence-corrected chi connectivity index (χ3v) is 2.39. The highest BCUT2D eigenvalue weighted by Gasteiger charge is 2.12. The van der Waals surface area contributed by atoms with Gasteiger partial charge in [-0.1, -0.05) is 15.9 Å². The average Bonchev–Trinajstić information content (AvgIpc) is 2.71. The summed E-state index contributed by atoms with van der Waals surface area (Å²) in [6, 6.07) is 6.78. The smallest absolute Gasteiger partial charge is 0.371 e. The Morgan fingerprint density at radius 2 is 2.12 bits per heavy atom. The van der Waals surface area contributed by atoms with Gasteiger partial charge in [0.05, 0.1) is 0 Å². The van der Waals surface area contributed by atoms with Crippen molar-refractivity contribution < 1.29 is 23.4 Å². The predicted molar refractivity (Wildman–Crippen MR) is 59.8 cm³/mol. The van der Waals surface area contributed by atoms with E-state index in [0.717, 1.165) is 0 Å². The van der Waals surface area contributed by atoms with Gasteiger partial charge in [0.1, 0.15) is 0 Å². The van der Waals surface area contributed by atoms with Crippen LogP contribution in [0.15, 0.2) is 39.2 Å². The highest BCUT2D eigenvalue weighted by atomic mass is 79.9. The molecule has 1 aromatic heterocycles. The van der Waals surface area contributed by atoms with Gasteiger partial charge < -0.3 is 14.3 Å². The highest BCUT2D eigenvalue weighted by Crippen LogP contribution is 2.28. The first-order chi connectivity index (χ1) is 8.06. The first kappa shape index (κ1) is 11.7. The van der Waals surface area contributed by atoms with E-state index < -0.39 is 11.8 Å². The summed E-state index contributed by atoms with van der Waals surface area (Å²) in [5.41, 5.74) is 0. The molecule has 0 atom stereocenters. The van der Waals surface area contributed by atoms with Gasteiger partial charge in [-0.2, -0.15) is 0 Å². The second-order valence-electron chi connectivity index (χ2n) is 3.10. The summed E-state index contributed by atoms with van der Waals surface area (Å²) in [6.45, 7) is 0. The van der Waals surface area contributed by atoms with Gasteiger partial charge in [0, 0.05) is 10.5 Å². The van der Waals surface area contributed by atoms with Gasteiger partial charge in [-0.3, -0.25) is 0 Å². The molecule has 0 saturated carbocycles. The maximum atomic E-state index is 13.4. The number of ether oxygens (including phenoxy) is 1. The van der Waals surface area contributed by atoms with E-state index in [0.29, 0.717) is 4.47 Å². The number of carboxylic acids is 1. The van der Waals surface area contributed by atoms with E-state index in [1.807, 2.05) is 0 Å². The van der Waals surface area contributed by atoms with Crippen LogP contribution in [0.4, 0.5) is 4.39 Å². The molecular formula is C11H6BrFO4. The number of furan rings is 1. The SMILES string of the molecule is O=C(O)c1ccc(Oc2ccc(Br)cc2F)o1. The number of hydrogen-bond acceptors (Lipinski definition) is 3. The lowest BCUT2D eigenvalue weighted by atomic mass is 10.3. The molecule has 1 heterocycles. The molecule has 0 saturated heterocycles. The van der Waals surface area contributed by atoms with E-state index >= 15 is 0 Å². The van der Waals surface area contributed by atoms with Crippen LogP contribution in [0.5, 0.6) is 11.7 Å². The van der Waals surface area contributed by atoms with E-state index in [1.54, 1.807) is 6.07 Å². The minimum Gasteiger partial charge on any atom is -0.475 e. The zero-order chi connectivity index (χ0) is 12.4. The number of hydrogen-bond donors (Lipinski definition) is 1. The molecule has 0 radical (unpaired) electrons. The molecule has 0 spiro atoms. The summed E-state index contributed by atoms with van der Waals surface area (Å²) < 4.78 is 23.9. The number of aromatic carboxylic acids is 1. The van der Waals surface area contributed by atoms with Crippen LogP contribution < -0.4 is 4.74 Å². The van der Waals surface area contributed by atoms with Crippen molar-refractivity contribution >= 4 is 21.9 Å². The lowest BCUT2D eigenvalue weighted by Crippen LogP contribution is -1.92. The van der Waals surface area contributed by atoms with Gasteiger partial charge >= 0.3 is 5.97 Å². The Labute approximate surface area is 104 Å². The maximum absolute atomic E-state index is 13.4. The Kier molecular flexibility index (Phi) is 3.14. The minimum atomic E-state index is -1.21. The van der Waals surface area contributed by atoms with Crippen LogP contribution in [0.1, 0.15) is 10.6 Å². The molecular weight excluding hydrogens is 295 g/mol. The molecule has 0 aliphatic heterocycles. The molecule has 2 rings (SSSR count). The van der Waals surface area contributed by atoms with Crippen molar-refractivity contribution in [2.24, 2.45) is 0 Å². The van der Waals surface area contributed by atoms with E-state index in [9.17, 15) is 9.18 Å². The van der Waals surface area contributed by atoms with E-state index in [1.165, 1.54) is 24.3 Å². The summed E-state index contributed by atoms with van der Waals surface area (Å²) in [7, 11) is 0. The van der Waals surface area contributed by atoms with Gasteiger partial charge in [-0.25, -0.2) is 9.18 Å². The average molecular weight is 301 g/mol. The first-order valence-electron chi connectivity index (χ1n) is 4.52. The highest BCUT2D eigenvalue weighted by molar-refractivity contribution is 9.10. The fourth-order valence-electron chi connectivity index (χ4n) is 1.16. The molecule has 17 heavy (non-hydrogen) atoms. The summed E-state index contributed by atoms with van der Waals surface area (Å²) >= 11 is 3.11. The fraction of sp³-hybridized carbons (Fsp3) is 0. The van der Waals surface area contributed by atoms with Crippen LogP contribution in [-0.2, 0) is 0 Å². The van der Waals surface area contributed by atoms with Crippen LogP contribution in [0.3, 0.4) is 0 Å². The zero-order valence-electron chi connectivity index (χ0n) is 8.31. The molecule has 2 aromatic rings. The number of halogens is 2. The standard InChI is InChI=1S/C11H6BrFO4/c12-6-1-2-8(7(13)5-6)16-10-4-3-9(17-10)11(14)15/h1-5H,(H,14,15). The lowest BCUT2D eigenvalue weighted by molar-refractivity contribution is 0.0657. The molecule has 0 bridgehead atoms. The number of benzene rings is 1. The third kappa shape index (κ3) is 2.65. The molecule has 1 aromatic carbocycles. The predicted octanol–water partition coefficient (Wildman–Crippen LogP) is 3.67. The topological polar surface area (TPSA) is 59.7 Å². The summed E-state index contributed by atoms with van der Waals surface area (Å²) in [6.07, 6.45) is 0. The molecule has 88 valence electrons. The van der Waals surface area contributed by atoms with Crippen LogP contribution in [0.2, 0.25) is 0 Å². The Bertz CT molecular complexity index is 564. The number of carboxylic acid groups (broad SMARTS) is 1. The van der Waals surface area contributed by atoms with Gasteiger partial charge in [0.25, 0.3) is 5.95 Å². The monoisotopic (exact) mass is 300 g/mol. The molecule has 6 heteroatoms. The van der Waals surface area contributed by atoms with Gasteiger partial charge in [0.2, 0.25) is 5.76 Å². The largest absolute Gasteiger partial charge is 0.475 e. The van der Waals surface area contributed by atoms with E-state index in [-0.39, 0.29) is 17.5 Å². The van der Waals surface area contributed by atoms with Crippen molar-refractivity contribution in [1.29, 1.82) is 0 Å². The van der Waals surface area contributed by atoms with Crippen molar-refractivity contribution in [3.05, 3.63) is 46.4 Å². The summed E-state index contributed by atoms with van der Waals surface area (Å²) in [5, 5.41) is 8.63. The molecule has 0 amide bonds. The zero-order valence-corrected chi connectivity index (χ0v) is 9.90. The minimum absolute atomic E-state index is 0.0421. The molecule has 4 nitrogen and oxygen atoms in total. The molecule has 0 unspecified atom stereocenters. The van der Waals surface area contributed by atoms with Crippen molar-refractivity contribution in [1.82, 2.24) is 0 Å². The van der Waals surface area contributed by atoms with Gasteiger partial charge in [-0.15, -0.1) is 0 Å². The number of carbonyl (C=O) groups is 1. The molecule has 1 N–H and O–H groups in total. The Hall–Kier alpha value is -1.82. The Morgan fingerprint density at radius 3 is 2.71 bits per heavy atom. The van der Waals surface area contributed by atoms with Crippen LogP contribution in [-0.4, -0.2) is 11.1 Å². The van der Waals surface area contributed by atoms with E-state index in [2.05, 4.69) is 15.9 Å². The number of rotatable bonds is 3. The van der Waals surface area contributed by atoms with Crippen molar-refractivity contribution in [2.75, 3.05) is 0 Å². The molecule has 0 fully saturated rings. The van der Waals surface area contributed by atoms with Crippen molar-refractivity contribution in [2.45, 2.75) is 0 Å². The summed E-state index contributed by atoms with van der Waals surface area (Å²) in [5.74, 6) is -2.18. The third-order valence-electron chi connectivity index (χ3n) is 1.90. The quantitative estimate of drug-likeness (QED) is 0.939. The molecule has 0 aliphatic rings. The Morgan fingerprint density at radius 1 is 1.35 bits per heavy atom. The van der Waals surface area contributed by atoms with Crippen LogP contribution in [0, 0.1) is 5.82 Å². The van der Waals surface area contributed by atoms with Crippen molar-refractivity contribution in [3.63, 3.8) is 0 Å². The second-order valence-corrected chi connectivity index (χ2v) is 4.02. The van der Waals surface area contributed by atoms with Gasteiger partial charge in [0.15, 0.2) is 11.6 Å². The fourth-order valence-corrected chi connectivity index (χ4v) is 1.49. The first-order valence-corrected chi connectivity index (χ1v) is 5.31. The van der Waals surface area contributed by atoms with Gasteiger partial charge in [-0.05, 0) is 24.3 Å². The van der Waals surface area contributed by atoms with E-state index in [4.69, 9.17) is 14.3 Å². The Balaban J connectivity index is 2.22. The maximum Gasteiger partial charge on any atom is 0.371 e. The van der Waals surface area contributed by atoms with Crippen LogP contribution >= 0.6 is 15.9 Å². The summed E-state index contributed by atoms with van der Waals surface area (Å²) in [4.78, 5) is 10.5. The normalized spacial score (nSPS) is 10.2. The van der Waals surface area contributed by atoms with Crippen LogP contribution in [0.25, 0.3) is 0 Å². The lowest BCUT2D eigenvalue weighted by Gasteiger charge is -2.03.